The number of piperidine rings is 1. The van der Waals surface area contributed by atoms with Gasteiger partial charge in [0.15, 0.2) is 0 Å². The van der Waals surface area contributed by atoms with Gasteiger partial charge >= 0.3 is 0 Å². The van der Waals surface area contributed by atoms with Gasteiger partial charge < -0.3 is 4.90 Å². The first-order valence-electron chi connectivity index (χ1n) is 6.74. The average Bonchev–Trinajstić information content (AvgIpc) is 2.99. The minimum atomic E-state index is 0.402. The Balaban J connectivity index is 1.76. The van der Waals surface area contributed by atoms with Crippen molar-refractivity contribution in [3.63, 3.8) is 0 Å². The van der Waals surface area contributed by atoms with Gasteiger partial charge in [0, 0.05) is 13.0 Å². The van der Waals surface area contributed by atoms with E-state index in [0.29, 0.717) is 5.41 Å². The molecular formula is C14H24N2. The van der Waals surface area contributed by atoms with E-state index < -0.39 is 0 Å². The molecule has 1 heterocycles. The van der Waals surface area contributed by atoms with E-state index in [-0.39, 0.29) is 0 Å². The largest absolute Gasteiger partial charge is 0.303 e. The van der Waals surface area contributed by atoms with Gasteiger partial charge in [-0.3, -0.25) is 0 Å². The summed E-state index contributed by atoms with van der Waals surface area (Å²) >= 11 is 0. The monoisotopic (exact) mass is 220 g/mol. The Morgan fingerprint density at radius 3 is 2.38 bits per heavy atom. The third-order valence-corrected chi connectivity index (χ3v) is 4.55. The molecule has 2 rings (SSSR count). The summed E-state index contributed by atoms with van der Waals surface area (Å²) in [5, 5.41) is 8.82. The highest BCUT2D eigenvalue weighted by atomic mass is 15.1. The Morgan fingerprint density at radius 2 is 1.94 bits per heavy atom. The Hall–Kier alpha value is -0.550. The van der Waals surface area contributed by atoms with Gasteiger partial charge in [0.2, 0.25) is 0 Å². The number of nitrogens with zero attached hydrogens (tertiary/aromatic N) is 2. The standard InChI is InChI=1S/C14H24N2/c1-12(2)13-3-9-16(10-4-13)11-14(5-6-14)7-8-15/h12-13H,3-7,9-11H2,1-2H3. The maximum Gasteiger partial charge on any atom is 0.0628 e. The van der Waals surface area contributed by atoms with Crippen LogP contribution in [-0.4, -0.2) is 24.5 Å². The van der Waals surface area contributed by atoms with E-state index >= 15 is 0 Å². The van der Waals surface area contributed by atoms with Gasteiger partial charge in [-0.2, -0.15) is 5.26 Å². The quantitative estimate of drug-likeness (QED) is 0.728. The molecule has 2 nitrogen and oxygen atoms in total. The lowest BCUT2D eigenvalue weighted by Crippen LogP contribution is -2.38. The maximum atomic E-state index is 8.82. The van der Waals surface area contributed by atoms with Crippen molar-refractivity contribution in [1.29, 1.82) is 5.26 Å². The van der Waals surface area contributed by atoms with Gasteiger partial charge in [-0.05, 0) is 56.0 Å². The summed E-state index contributed by atoms with van der Waals surface area (Å²) in [6.07, 6.45) is 6.06. The second-order valence-corrected chi connectivity index (χ2v) is 6.19. The highest BCUT2D eigenvalue weighted by molar-refractivity contribution is 5.01. The molecule has 2 aliphatic rings. The zero-order valence-corrected chi connectivity index (χ0v) is 10.7. The van der Waals surface area contributed by atoms with E-state index in [1.807, 2.05) is 0 Å². The third kappa shape index (κ3) is 2.77. The predicted octanol–water partition coefficient (Wildman–Crippen LogP) is 3.05. The summed E-state index contributed by atoms with van der Waals surface area (Å²) in [6.45, 7) is 8.40. The van der Waals surface area contributed by atoms with Gasteiger partial charge in [0.25, 0.3) is 0 Å². The van der Waals surface area contributed by atoms with Crippen LogP contribution in [0.4, 0.5) is 0 Å². The minimum Gasteiger partial charge on any atom is -0.303 e. The van der Waals surface area contributed by atoms with Crippen LogP contribution in [0.5, 0.6) is 0 Å². The van der Waals surface area contributed by atoms with Crippen LogP contribution in [0, 0.1) is 28.6 Å². The highest BCUT2D eigenvalue weighted by Crippen LogP contribution is 2.49. The zero-order chi connectivity index (χ0) is 11.6. The summed E-state index contributed by atoms with van der Waals surface area (Å²) in [6, 6.07) is 2.36. The van der Waals surface area contributed by atoms with Crippen molar-refractivity contribution in [2.24, 2.45) is 17.3 Å². The molecule has 0 amide bonds. The van der Waals surface area contributed by atoms with Crippen LogP contribution < -0.4 is 0 Å². The molecule has 0 bridgehead atoms. The topological polar surface area (TPSA) is 27.0 Å². The molecule has 0 atom stereocenters. The Labute approximate surface area is 99.6 Å². The summed E-state index contributed by atoms with van der Waals surface area (Å²) in [7, 11) is 0. The second kappa shape index (κ2) is 4.75. The number of hydrogen-bond acceptors (Lipinski definition) is 2. The van der Waals surface area contributed by atoms with Crippen molar-refractivity contribution in [2.75, 3.05) is 19.6 Å². The fourth-order valence-corrected chi connectivity index (χ4v) is 2.99. The molecule has 1 saturated carbocycles. The summed E-state index contributed by atoms with van der Waals surface area (Å²) in [5.41, 5.74) is 0.402. The second-order valence-electron chi connectivity index (χ2n) is 6.19. The molecule has 1 saturated heterocycles. The average molecular weight is 220 g/mol. The maximum absolute atomic E-state index is 8.82. The fraction of sp³-hybridized carbons (Fsp3) is 0.929. The lowest BCUT2D eigenvalue weighted by atomic mass is 9.86. The van der Waals surface area contributed by atoms with Crippen molar-refractivity contribution >= 4 is 0 Å². The van der Waals surface area contributed by atoms with Crippen LogP contribution in [0.15, 0.2) is 0 Å². The van der Waals surface area contributed by atoms with Crippen LogP contribution in [-0.2, 0) is 0 Å². The van der Waals surface area contributed by atoms with E-state index in [9.17, 15) is 0 Å². The Bertz CT molecular complexity index is 265. The van der Waals surface area contributed by atoms with E-state index in [4.69, 9.17) is 5.26 Å². The number of nitriles is 1. The molecule has 0 aromatic carbocycles. The van der Waals surface area contributed by atoms with Gasteiger partial charge in [0.05, 0.1) is 6.07 Å². The third-order valence-electron chi connectivity index (χ3n) is 4.55. The molecule has 90 valence electrons. The van der Waals surface area contributed by atoms with Crippen LogP contribution in [0.25, 0.3) is 0 Å². The van der Waals surface area contributed by atoms with Crippen molar-refractivity contribution in [3.05, 3.63) is 0 Å². The van der Waals surface area contributed by atoms with Crippen molar-refractivity contribution in [1.82, 2.24) is 4.90 Å². The summed E-state index contributed by atoms with van der Waals surface area (Å²) < 4.78 is 0. The minimum absolute atomic E-state index is 0.402. The van der Waals surface area contributed by atoms with Crippen molar-refractivity contribution in [3.8, 4) is 6.07 Å². The summed E-state index contributed by atoms with van der Waals surface area (Å²) in [4.78, 5) is 2.60. The number of hydrogen-bond donors (Lipinski definition) is 0. The molecule has 1 aliphatic heterocycles. The van der Waals surface area contributed by atoms with E-state index in [1.54, 1.807) is 0 Å². The smallest absolute Gasteiger partial charge is 0.0628 e. The van der Waals surface area contributed by atoms with E-state index in [2.05, 4.69) is 24.8 Å². The van der Waals surface area contributed by atoms with Gasteiger partial charge in [0.1, 0.15) is 0 Å². The van der Waals surface area contributed by atoms with Crippen molar-refractivity contribution < 1.29 is 0 Å². The molecule has 0 spiro atoms. The first-order chi connectivity index (χ1) is 7.65. The van der Waals surface area contributed by atoms with Gasteiger partial charge in [-0.15, -0.1) is 0 Å². The molecule has 0 N–H and O–H groups in total. The molecule has 2 fully saturated rings. The molecule has 0 aromatic heterocycles. The van der Waals surface area contributed by atoms with E-state index in [1.165, 1.54) is 45.3 Å². The summed E-state index contributed by atoms with van der Waals surface area (Å²) in [5.74, 6) is 1.78. The van der Waals surface area contributed by atoms with Crippen LogP contribution in [0.2, 0.25) is 0 Å². The van der Waals surface area contributed by atoms with Gasteiger partial charge in [-0.25, -0.2) is 0 Å². The lowest BCUT2D eigenvalue weighted by molar-refractivity contribution is 0.134. The normalized spacial score (nSPS) is 25.6. The lowest BCUT2D eigenvalue weighted by Gasteiger charge is -2.35. The van der Waals surface area contributed by atoms with Crippen LogP contribution in [0.1, 0.15) is 46.0 Å². The Morgan fingerprint density at radius 1 is 1.31 bits per heavy atom. The number of rotatable bonds is 4. The van der Waals surface area contributed by atoms with Crippen molar-refractivity contribution in [2.45, 2.75) is 46.0 Å². The molecule has 2 heteroatoms. The molecule has 0 aromatic rings. The van der Waals surface area contributed by atoms with Gasteiger partial charge in [-0.1, -0.05) is 13.8 Å². The first kappa shape index (κ1) is 11.9. The first-order valence-corrected chi connectivity index (χ1v) is 6.74. The number of likely N-dealkylation sites (tertiary alicyclic amines) is 1. The molecule has 1 aliphatic carbocycles. The fourth-order valence-electron chi connectivity index (χ4n) is 2.99. The molecule has 0 unspecified atom stereocenters. The molecule has 16 heavy (non-hydrogen) atoms. The molecular weight excluding hydrogens is 196 g/mol. The SMILES string of the molecule is CC(C)C1CCN(CC2(CC#N)CC2)CC1. The Kier molecular flexibility index (Phi) is 3.54. The zero-order valence-electron chi connectivity index (χ0n) is 10.7. The van der Waals surface area contributed by atoms with Crippen LogP contribution in [0.3, 0.4) is 0 Å². The van der Waals surface area contributed by atoms with Crippen LogP contribution >= 0.6 is 0 Å². The molecule has 0 radical (unpaired) electrons. The predicted molar refractivity (Wildman–Crippen MR) is 65.9 cm³/mol. The van der Waals surface area contributed by atoms with E-state index in [0.717, 1.165) is 18.3 Å². The highest BCUT2D eigenvalue weighted by Gasteiger charge is 2.43.